The fourth-order valence-corrected chi connectivity index (χ4v) is 3.65. The lowest BCUT2D eigenvalue weighted by atomic mass is 10.2. The number of imidazole rings is 1. The summed E-state index contributed by atoms with van der Waals surface area (Å²) in [6, 6.07) is 8.04. The topological polar surface area (TPSA) is 50.1 Å². The molecule has 1 amide bonds. The fourth-order valence-electron chi connectivity index (χ4n) is 2.95. The summed E-state index contributed by atoms with van der Waals surface area (Å²) in [5, 5.41) is 1.96. The zero-order chi connectivity index (χ0) is 16.5. The van der Waals surface area contributed by atoms with Crippen molar-refractivity contribution < 1.29 is 9.53 Å². The highest BCUT2D eigenvalue weighted by molar-refractivity contribution is 7.15. The number of hydrogen-bond acceptors (Lipinski definition) is 5. The van der Waals surface area contributed by atoms with Crippen molar-refractivity contribution in [3.05, 3.63) is 47.7 Å². The van der Waals surface area contributed by atoms with Crippen LogP contribution in [-0.4, -0.2) is 53.5 Å². The summed E-state index contributed by atoms with van der Waals surface area (Å²) in [5.74, 6) is 0.868. The highest BCUT2D eigenvalue weighted by Crippen LogP contribution is 2.21. The minimum absolute atomic E-state index is 0.0141. The van der Waals surface area contributed by atoms with Crippen LogP contribution < -0.4 is 9.64 Å². The van der Waals surface area contributed by atoms with Gasteiger partial charge in [-0.3, -0.25) is 9.20 Å². The molecule has 24 heavy (non-hydrogen) atoms. The van der Waals surface area contributed by atoms with Gasteiger partial charge in [-0.25, -0.2) is 4.98 Å². The van der Waals surface area contributed by atoms with E-state index in [4.69, 9.17) is 4.74 Å². The predicted molar refractivity (Wildman–Crippen MR) is 94.2 cm³/mol. The van der Waals surface area contributed by atoms with E-state index in [1.807, 2.05) is 39.2 Å². The van der Waals surface area contributed by atoms with E-state index in [0.29, 0.717) is 18.8 Å². The number of fused-ring (bicyclic) bond motifs is 1. The summed E-state index contributed by atoms with van der Waals surface area (Å²) in [5.41, 5.74) is 1.69. The summed E-state index contributed by atoms with van der Waals surface area (Å²) in [6.45, 7) is 3.05. The van der Waals surface area contributed by atoms with Crippen molar-refractivity contribution in [3.63, 3.8) is 0 Å². The molecule has 1 fully saturated rings. The largest absolute Gasteiger partial charge is 0.497 e. The van der Waals surface area contributed by atoms with Gasteiger partial charge in [-0.05, 0) is 24.3 Å². The van der Waals surface area contributed by atoms with Gasteiger partial charge in [0.25, 0.3) is 5.91 Å². The lowest BCUT2D eigenvalue weighted by Gasteiger charge is -2.35. The molecular weight excluding hydrogens is 324 g/mol. The molecule has 3 heterocycles. The van der Waals surface area contributed by atoms with E-state index in [-0.39, 0.29) is 5.91 Å². The molecular formula is C17H18N4O2S. The quantitative estimate of drug-likeness (QED) is 0.733. The third kappa shape index (κ3) is 2.71. The Morgan fingerprint density at radius 3 is 2.58 bits per heavy atom. The molecule has 0 spiro atoms. The molecule has 7 heteroatoms. The van der Waals surface area contributed by atoms with E-state index in [1.165, 1.54) is 11.3 Å². The monoisotopic (exact) mass is 342 g/mol. The van der Waals surface area contributed by atoms with Crippen LogP contribution in [0.3, 0.4) is 0 Å². The number of carbonyl (C=O) groups is 1. The van der Waals surface area contributed by atoms with Gasteiger partial charge in [0.05, 0.1) is 7.11 Å². The molecule has 1 aliphatic heterocycles. The van der Waals surface area contributed by atoms with Gasteiger partial charge >= 0.3 is 0 Å². The second-order valence-electron chi connectivity index (χ2n) is 5.70. The normalized spacial score (nSPS) is 15.0. The van der Waals surface area contributed by atoms with Crippen molar-refractivity contribution in [1.82, 2.24) is 14.3 Å². The van der Waals surface area contributed by atoms with Crippen LogP contribution in [0.5, 0.6) is 5.75 Å². The Hall–Kier alpha value is -2.54. The molecule has 1 aromatic carbocycles. The van der Waals surface area contributed by atoms with Gasteiger partial charge in [0, 0.05) is 49.6 Å². The minimum Gasteiger partial charge on any atom is -0.497 e. The summed E-state index contributed by atoms with van der Waals surface area (Å²) >= 11 is 1.54. The van der Waals surface area contributed by atoms with Gasteiger partial charge in [0.2, 0.25) is 0 Å². The van der Waals surface area contributed by atoms with E-state index < -0.39 is 0 Å². The van der Waals surface area contributed by atoms with E-state index in [1.54, 1.807) is 7.11 Å². The van der Waals surface area contributed by atoms with Crippen LogP contribution >= 0.6 is 11.3 Å². The molecule has 4 rings (SSSR count). The third-order valence-corrected chi connectivity index (χ3v) is 5.09. The van der Waals surface area contributed by atoms with Crippen LogP contribution in [0.4, 0.5) is 5.69 Å². The second-order valence-corrected chi connectivity index (χ2v) is 6.57. The number of hydrogen-bond donors (Lipinski definition) is 0. The first kappa shape index (κ1) is 15.0. The number of nitrogens with zero attached hydrogens (tertiary/aromatic N) is 4. The average Bonchev–Trinajstić information content (AvgIpc) is 3.23. The molecule has 6 nitrogen and oxygen atoms in total. The number of thiazole rings is 1. The molecule has 0 radical (unpaired) electrons. The zero-order valence-corrected chi connectivity index (χ0v) is 14.2. The fraction of sp³-hybridized carbons (Fsp3) is 0.294. The number of carbonyl (C=O) groups excluding carboxylic acids is 1. The second kappa shape index (κ2) is 6.16. The predicted octanol–water partition coefficient (Wildman–Crippen LogP) is 2.37. The maximum atomic E-state index is 12.6. The van der Waals surface area contributed by atoms with Crippen LogP contribution in [0.1, 0.15) is 10.5 Å². The number of ether oxygens (including phenoxy) is 1. The number of anilines is 1. The lowest BCUT2D eigenvalue weighted by Crippen LogP contribution is -2.48. The Balaban J connectivity index is 1.41. The number of piperazine rings is 1. The smallest absolute Gasteiger partial charge is 0.274 e. The molecule has 0 unspecified atom stereocenters. The average molecular weight is 342 g/mol. The van der Waals surface area contributed by atoms with Gasteiger partial charge < -0.3 is 14.5 Å². The maximum absolute atomic E-state index is 12.6. The first-order valence-electron chi connectivity index (χ1n) is 7.85. The van der Waals surface area contributed by atoms with Gasteiger partial charge in [-0.1, -0.05) is 0 Å². The number of aromatic nitrogens is 2. The van der Waals surface area contributed by atoms with Crippen molar-refractivity contribution >= 4 is 27.9 Å². The first-order chi connectivity index (χ1) is 11.7. The zero-order valence-electron chi connectivity index (χ0n) is 13.4. The molecule has 1 saturated heterocycles. The van der Waals surface area contributed by atoms with Crippen LogP contribution in [0.25, 0.3) is 4.96 Å². The van der Waals surface area contributed by atoms with Crippen molar-refractivity contribution in [2.24, 2.45) is 0 Å². The van der Waals surface area contributed by atoms with Gasteiger partial charge in [0.1, 0.15) is 11.4 Å². The van der Waals surface area contributed by atoms with Gasteiger partial charge in [0.15, 0.2) is 4.96 Å². The van der Waals surface area contributed by atoms with Crippen LogP contribution in [0, 0.1) is 0 Å². The maximum Gasteiger partial charge on any atom is 0.274 e. The summed E-state index contributed by atoms with van der Waals surface area (Å²) < 4.78 is 7.09. The number of methoxy groups -OCH3 is 1. The van der Waals surface area contributed by atoms with Gasteiger partial charge in [-0.2, -0.15) is 0 Å². The van der Waals surface area contributed by atoms with Crippen molar-refractivity contribution in [3.8, 4) is 5.75 Å². The molecule has 0 N–H and O–H groups in total. The highest BCUT2D eigenvalue weighted by atomic mass is 32.1. The Morgan fingerprint density at radius 2 is 1.92 bits per heavy atom. The third-order valence-electron chi connectivity index (χ3n) is 4.32. The van der Waals surface area contributed by atoms with E-state index >= 15 is 0 Å². The Bertz CT molecular complexity index is 818. The van der Waals surface area contributed by atoms with E-state index in [0.717, 1.165) is 29.5 Å². The van der Waals surface area contributed by atoms with Crippen LogP contribution in [0.2, 0.25) is 0 Å². The first-order valence-corrected chi connectivity index (χ1v) is 8.73. The molecule has 0 bridgehead atoms. The molecule has 1 aliphatic rings. The Kier molecular flexibility index (Phi) is 3.86. The standard InChI is InChI=1S/C17H18N4O2S/c1-23-14-4-2-13(3-5-14)19-6-8-20(9-7-19)16(22)15-12-21-10-11-24-17(21)18-15/h2-5,10-12H,6-9H2,1H3. The molecule has 2 aromatic heterocycles. The van der Waals surface area contributed by atoms with Crippen molar-refractivity contribution in [1.29, 1.82) is 0 Å². The molecule has 124 valence electrons. The Morgan fingerprint density at radius 1 is 1.17 bits per heavy atom. The van der Waals surface area contributed by atoms with Crippen molar-refractivity contribution in [2.45, 2.75) is 0 Å². The van der Waals surface area contributed by atoms with Crippen molar-refractivity contribution in [2.75, 3.05) is 38.2 Å². The summed E-state index contributed by atoms with van der Waals surface area (Å²) in [7, 11) is 1.67. The molecule has 3 aromatic rings. The lowest BCUT2D eigenvalue weighted by molar-refractivity contribution is 0.0741. The molecule has 0 atom stereocenters. The Labute approximate surface area is 143 Å². The van der Waals surface area contributed by atoms with Crippen LogP contribution in [-0.2, 0) is 0 Å². The van der Waals surface area contributed by atoms with E-state index in [9.17, 15) is 4.79 Å². The number of benzene rings is 1. The van der Waals surface area contributed by atoms with Gasteiger partial charge in [-0.15, -0.1) is 11.3 Å². The summed E-state index contributed by atoms with van der Waals surface area (Å²) in [4.78, 5) is 22.0. The SMILES string of the molecule is COc1ccc(N2CCN(C(=O)c3cn4ccsc4n3)CC2)cc1. The van der Waals surface area contributed by atoms with E-state index in [2.05, 4.69) is 22.0 Å². The molecule has 0 saturated carbocycles. The van der Waals surface area contributed by atoms with Crippen LogP contribution in [0.15, 0.2) is 42.0 Å². The highest BCUT2D eigenvalue weighted by Gasteiger charge is 2.24. The summed E-state index contributed by atoms with van der Waals surface area (Å²) in [6.07, 6.45) is 3.73. The molecule has 0 aliphatic carbocycles. The number of rotatable bonds is 3. The number of amides is 1. The minimum atomic E-state index is 0.0141.